The number of aromatic nitrogens is 1. The van der Waals surface area contributed by atoms with Gasteiger partial charge in [-0.15, -0.1) is 0 Å². The van der Waals surface area contributed by atoms with Crippen molar-refractivity contribution < 1.29 is 14.4 Å². The Morgan fingerprint density at radius 2 is 1.81 bits per heavy atom. The maximum Gasteiger partial charge on any atom is 0.260 e. The van der Waals surface area contributed by atoms with Gasteiger partial charge < -0.3 is 4.90 Å². The number of imide groups is 1. The molecular formula is C23H24N4O3S. The third-order valence-corrected chi connectivity index (χ3v) is 6.22. The van der Waals surface area contributed by atoms with Crippen LogP contribution in [0.3, 0.4) is 0 Å². The lowest BCUT2D eigenvalue weighted by Gasteiger charge is -2.22. The molecule has 7 nitrogen and oxygen atoms in total. The Morgan fingerprint density at radius 3 is 2.52 bits per heavy atom. The van der Waals surface area contributed by atoms with Crippen molar-refractivity contribution in [1.29, 1.82) is 0 Å². The van der Waals surface area contributed by atoms with Crippen molar-refractivity contribution in [2.24, 2.45) is 0 Å². The van der Waals surface area contributed by atoms with Gasteiger partial charge in [-0.2, -0.15) is 0 Å². The maximum absolute atomic E-state index is 13.5. The van der Waals surface area contributed by atoms with Crippen molar-refractivity contribution in [2.75, 3.05) is 37.0 Å². The minimum atomic E-state index is -0.236. The topological polar surface area (TPSA) is 73.8 Å². The second kappa shape index (κ2) is 8.56. The van der Waals surface area contributed by atoms with Crippen molar-refractivity contribution in [2.45, 2.75) is 19.8 Å². The zero-order valence-electron chi connectivity index (χ0n) is 17.8. The molecule has 1 saturated heterocycles. The van der Waals surface area contributed by atoms with E-state index in [4.69, 9.17) is 0 Å². The Kier molecular flexibility index (Phi) is 5.84. The molecular weight excluding hydrogens is 412 g/mol. The fraction of sp³-hybridized carbons (Fsp3) is 0.304. The number of likely N-dealkylation sites (N-methyl/N-ethyl adjacent to an activating group) is 1. The van der Waals surface area contributed by atoms with Gasteiger partial charge in [-0.25, -0.2) is 4.98 Å². The normalized spacial score (nSPS) is 14.1. The van der Waals surface area contributed by atoms with Gasteiger partial charge in [-0.3, -0.25) is 24.2 Å². The van der Waals surface area contributed by atoms with E-state index in [0.29, 0.717) is 29.5 Å². The molecule has 2 aromatic carbocycles. The van der Waals surface area contributed by atoms with Crippen LogP contribution in [0.1, 0.15) is 28.8 Å². The van der Waals surface area contributed by atoms with Crippen molar-refractivity contribution >= 4 is 50.1 Å². The van der Waals surface area contributed by atoms with E-state index >= 15 is 0 Å². The first-order valence-corrected chi connectivity index (χ1v) is 10.9. The molecule has 2 heterocycles. The number of amides is 3. The highest BCUT2D eigenvalue weighted by atomic mass is 32.1. The van der Waals surface area contributed by atoms with Crippen LogP contribution in [0.4, 0.5) is 10.8 Å². The summed E-state index contributed by atoms with van der Waals surface area (Å²) in [6.07, 6.45) is 0.411. The predicted molar refractivity (Wildman–Crippen MR) is 123 cm³/mol. The zero-order valence-corrected chi connectivity index (χ0v) is 18.6. The van der Waals surface area contributed by atoms with E-state index in [1.807, 2.05) is 38.1 Å². The molecule has 0 atom stereocenters. The number of fused-ring (bicyclic) bond motifs is 1. The molecule has 1 aliphatic heterocycles. The van der Waals surface area contributed by atoms with Gasteiger partial charge in [0.05, 0.1) is 15.9 Å². The van der Waals surface area contributed by atoms with Crippen LogP contribution in [0.15, 0.2) is 42.5 Å². The lowest BCUT2D eigenvalue weighted by molar-refractivity contribution is -0.121. The number of anilines is 2. The molecule has 31 heavy (non-hydrogen) atoms. The molecule has 1 aliphatic rings. The number of carbonyl (C=O) groups excluding carboxylic acids is 3. The summed E-state index contributed by atoms with van der Waals surface area (Å²) >= 11 is 1.48. The lowest BCUT2D eigenvalue weighted by atomic mass is 10.1. The fourth-order valence-corrected chi connectivity index (χ4v) is 4.61. The largest absolute Gasteiger partial charge is 0.308 e. The van der Waals surface area contributed by atoms with Crippen LogP contribution >= 0.6 is 11.3 Å². The summed E-state index contributed by atoms with van der Waals surface area (Å²) in [5, 5.41) is 0.631. The fourth-order valence-electron chi connectivity index (χ4n) is 3.52. The zero-order chi connectivity index (χ0) is 22.1. The molecule has 0 saturated carbocycles. The molecule has 0 radical (unpaired) electrons. The van der Waals surface area contributed by atoms with Crippen LogP contribution in [0.2, 0.25) is 0 Å². The smallest absolute Gasteiger partial charge is 0.260 e. The van der Waals surface area contributed by atoms with Crippen molar-refractivity contribution in [3.05, 3.63) is 53.6 Å². The first kappa shape index (κ1) is 21.1. The molecule has 1 aromatic heterocycles. The number of nitrogens with zero attached hydrogens (tertiary/aromatic N) is 4. The van der Waals surface area contributed by atoms with Crippen molar-refractivity contribution in [1.82, 2.24) is 9.88 Å². The maximum atomic E-state index is 13.5. The predicted octanol–water partition coefficient (Wildman–Crippen LogP) is 3.47. The number of hydrogen-bond donors (Lipinski definition) is 0. The lowest BCUT2D eigenvalue weighted by Crippen LogP contribution is -2.37. The average Bonchev–Trinajstić information content (AvgIpc) is 3.30. The average molecular weight is 437 g/mol. The van der Waals surface area contributed by atoms with Gasteiger partial charge in [0, 0.05) is 31.5 Å². The van der Waals surface area contributed by atoms with Crippen LogP contribution in [-0.2, 0) is 9.59 Å². The molecule has 3 aromatic rings. The highest BCUT2D eigenvalue weighted by Crippen LogP contribution is 2.31. The number of hydrogen-bond acceptors (Lipinski definition) is 6. The third kappa shape index (κ3) is 4.35. The minimum absolute atomic E-state index is 0.205. The Morgan fingerprint density at radius 1 is 1.06 bits per heavy atom. The number of carbonyl (C=O) groups is 3. The summed E-state index contributed by atoms with van der Waals surface area (Å²) < 4.78 is 1.03. The molecule has 0 N–H and O–H groups in total. The van der Waals surface area contributed by atoms with Crippen LogP contribution < -0.4 is 9.80 Å². The number of rotatable bonds is 6. The third-order valence-electron chi connectivity index (χ3n) is 5.18. The first-order chi connectivity index (χ1) is 14.8. The van der Waals surface area contributed by atoms with E-state index in [-0.39, 0.29) is 30.6 Å². The van der Waals surface area contributed by atoms with Gasteiger partial charge in [-0.1, -0.05) is 23.5 Å². The monoisotopic (exact) mass is 436 g/mol. The van der Waals surface area contributed by atoms with Crippen LogP contribution in [0.5, 0.6) is 0 Å². The molecule has 0 spiro atoms. The van der Waals surface area contributed by atoms with Crippen LogP contribution in [0, 0.1) is 6.92 Å². The summed E-state index contributed by atoms with van der Waals surface area (Å²) in [5.74, 6) is -0.681. The molecule has 4 rings (SSSR count). The molecule has 160 valence electrons. The van der Waals surface area contributed by atoms with E-state index in [1.54, 1.807) is 29.2 Å². The Bertz CT molecular complexity index is 1150. The van der Waals surface area contributed by atoms with Gasteiger partial charge in [0.15, 0.2) is 5.13 Å². The molecule has 8 heteroatoms. The van der Waals surface area contributed by atoms with E-state index in [2.05, 4.69) is 11.1 Å². The van der Waals surface area contributed by atoms with Gasteiger partial charge >= 0.3 is 0 Å². The standard InChI is InChI=1S/C23H24N4O3S/c1-15-7-8-18-19(13-15)31-23(24-18)26(12-11-25(2)3)22(30)16-5-4-6-17(14-16)27-20(28)9-10-21(27)29/h4-8,13-14H,9-12H2,1-3H3. The van der Waals surface area contributed by atoms with Crippen LogP contribution in [-0.4, -0.2) is 54.8 Å². The first-order valence-electron chi connectivity index (χ1n) is 10.1. The number of benzene rings is 2. The molecule has 0 bridgehead atoms. The highest BCUT2D eigenvalue weighted by molar-refractivity contribution is 7.22. The van der Waals surface area contributed by atoms with Crippen LogP contribution in [0.25, 0.3) is 10.2 Å². The van der Waals surface area contributed by atoms with Gasteiger partial charge in [0.2, 0.25) is 11.8 Å². The Hall–Kier alpha value is -3.10. The molecule has 0 unspecified atom stereocenters. The highest BCUT2D eigenvalue weighted by Gasteiger charge is 2.31. The van der Waals surface area contributed by atoms with Gasteiger partial charge in [0.25, 0.3) is 5.91 Å². The summed E-state index contributed by atoms with van der Waals surface area (Å²) in [5.41, 5.74) is 2.85. The van der Waals surface area contributed by atoms with E-state index in [1.165, 1.54) is 16.2 Å². The molecule has 1 fully saturated rings. The second-order valence-corrected chi connectivity index (χ2v) is 8.91. The summed E-state index contributed by atoms with van der Waals surface area (Å²) in [6, 6.07) is 12.7. The van der Waals surface area contributed by atoms with E-state index < -0.39 is 0 Å². The number of aryl methyl sites for hydroxylation is 1. The SMILES string of the molecule is Cc1ccc2nc(N(CCN(C)C)C(=O)c3cccc(N4C(=O)CCC4=O)c3)sc2c1. The van der Waals surface area contributed by atoms with Crippen molar-refractivity contribution in [3.63, 3.8) is 0 Å². The van der Waals surface area contributed by atoms with Gasteiger partial charge in [0.1, 0.15) is 0 Å². The number of thiazole rings is 1. The van der Waals surface area contributed by atoms with E-state index in [9.17, 15) is 14.4 Å². The Balaban J connectivity index is 1.69. The minimum Gasteiger partial charge on any atom is -0.308 e. The quantitative estimate of drug-likeness (QED) is 0.553. The summed E-state index contributed by atoms with van der Waals surface area (Å²) in [7, 11) is 3.91. The molecule has 3 amide bonds. The van der Waals surface area contributed by atoms with E-state index in [0.717, 1.165) is 15.8 Å². The molecule has 0 aliphatic carbocycles. The van der Waals surface area contributed by atoms with Gasteiger partial charge in [-0.05, 0) is 56.9 Å². The second-order valence-electron chi connectivity index (χ2n) is 7.90. The summed E-state index contributed by atoms with van der Waals surface area (Å²) in [6.45, 7) is 3.17. The van der Waals surface area contributed by atoms with Crippen molar-refractivity contribution in [3.8, 4) is 0 Å². The Labute approximate surface area is 184 Å². The summed E-state index contributed by atoms with van der Waals surface area (Å²) in [4.78, 5) is 47.3.